The standard InChI is InChI=1S/C21H20FN3O3S/c1-2-27-20(26)11-18-14-29-21(24-18)25-23-12-16-7-3-4-9-19(16)28-13-15-6-5-8-17(22)10-15/h3-10,12,14H,2,11,13H2,1H3,(H,24,25). The molecule has 150 valence electrons. The molecule has 0 unspecified atom stereocenters. The largest absolute Gasteiger partial charge is 0.488 e. The molecule has 0 aliphatic carbocycles. The summed E-state index contributed by atoms with van der Waals surface area (Å²) >= 11 is 1.35. The minimum Gasteiger partial charge on any atom is -0.488 e. The maximum absolute atomic E-state index is 13.3. The van der Waals surface area contributed by atoms with Gasteiger partial charge in [0.25, 0.3) is 0 Å². The number of hydrogen-bond donors (Lipinski definition) is 1. The molecule has 1 heterocycles. The molecular formula is C21H20FN3O3S. The predicted molar refractivity (Wildman–Crippen MR) is 111 cm³/mol. The second kappa shape index (κ2) is 10.3. The summed E-state index contributed by atoms with van der Waals surface area (Å²) in [6, 6.07) is 13.7. The Morgan fingerprint density at radius 1 is 1.28 bits per heavy atom. The molecule has 6 nitrogen and oxygen atoms in total. The van der Waals surface area contributed by atoms with Crippen LogP contribution in [0, 0.1) is 5.82 Å². The Morgan fingerprint density at radius 3 is 2.97 bits per heavy atom. The Morgan fingerprint density at radius 2 is 2.14 bits per heavy atom. The molecule has 0 amide bonds. The second-order valence-corrected chi connectivity index (χ2v) is 6.81. The first-order chi connectivity index (χ1) is 14.1. The fraction of sp³-hybridized carbons (Fsp3) is 0.190. The van der Waals surface area contributed by atoms with Crippen molar-refractivity contribution in [2.75, 3.05) is 12.0 Å². The summed E-state index contributed by atoms with van der Waals surface area (Å²) in [5, 5.41) is 6.54. The number of ether oxygens (including phenoxy) is 2. The summed E-state index contributed by atoms with van der Waals surface area (Å²) in [5.74, 6) is 0.0256. The van der Waals surface area contributed by atoms with Crippen molar-refractivity contribution in [2.45, 2.75) is 20.0 Å². The van der Waals surface area contributed by atoms with Gasteiger partial charge >= 0.3 is 5.97 Å². The van der Waals surface area contributed by atoms with Crippen LogP contribution in [0.3, 0.4) is 0 Å². The fourth-order valence-electron chi connectivity index (χ4n) is 2.46. The maximum Gasteiger partial charge on any atom is 0.311 e. The third-order valence-corrected chi connectivity index (χ3v) is 4.54. The highest BCUT2D eigenvalue weighted by Crippen LogP contribution is 2.19. The van der Waals surface area contributed by atoms with Crippen LogP contribution in [0.15, 0.2) is 59.0 Å². The van der Waals surface area contributed by atoms with Gasteiger partial charge in [-0.05, 0) is 36.8 Å². The van der Waals surface area contributed by atoms with Gasteiger partial charge < -0.3 is 9.47 Å². The lowest BCUT2D eigenvalue weighted by molar-refractivity contribution is -0.142. The number of nitrogens with zero attached hydrogens (tertiary/aromatic N) is 2. The van der Waals surface area contributed by atoms with Gasteiger partial charge in [0.1, 0.15) is 18.2 Å². The Bertz CT molecular complexity index is 991. The van der Waals surface area contributed by atoms with Crippen LogP contribution in [0.25, 0.3) is 0 Å². The molecule has 0 spiro atoms. The first-order valence-electron chi connectivity index (χ1n) is 8.99. The van der Waals surface area contributed by atoms with E-state index in [2.05, 4.69) is 15.5 Å². The number of benzene rings is 2. The molecule has 0 fully saturated rings. The van der Waals surface area contributed by atoms with Gasteiger partial charge in [-0.15, -0.1) is 11.3 Å². The van der Waals surface area contributed by atoms with Crippen molar-refractivity contribution in [3.8, 4) is 5.75 Å². The Labute approximate surface area is 172 Å². The first-order valence-corrected chi connectivity index (χ1v) is 9.87. The molecule has 29 heavy (non-hydrogen) atoms. The molecule has 1 aromatic heterocycles. The van der Waals surface area contributed by atoms with E-state index in [1.807, 2.05) is 24.3 Å². The highest BCUT2D eigenvalue weighted by atomic mass is 32.1. The van der Waals surface area contributed by atoms with Crippen molar-refractivity contribution in [1.82, 2.24) is 4.98 Å². The molecule has 3 rings (SSSR count). The van der Waals surface area contributed by atoms with Gasteiger partial charge in [0.2, 0.25) is 5.13 Å². The number of carbonyl (C=O) groups is 1. The Kier molecular flexibility index (Phi) is 7.29. The highest BCUT2D eigenvalue weighted by molar-refractivity contribution is 7.13. The number of esters is 1. The molecule has 1 N–H and O–H groups in total. The maximum atomic E-state index is 13.3. The zero-order valence-electron chi connectivity index (χ0n) is 15.8. The van der Waals surface area contributed by atoms with Crippen LogP contribution in [-0.4, -0.2) is 23.8 Å². The van der Waals surface area contributed by atoms with Gasteiger partial charge in [-0.3, -0.25) is 10.2 Å². The van der Waals surface area contributed by atoms with Crippen LogP contribution in [0.5, 0.6) is 5.75 Å². The molecule has 3 aromatic rings. The average molecular weight is 413 g/mol. The van der Waals surface area contributed by atoms with E-state index in [9.17, 15) is 9.18 Å². The van der Waals surface area contributed by atoms with Gasteiger partial charge in [-0.2, -0.15) is 5.10 Å². The first kappa shape index (κ1) is 20.5. The van der Waals surface area contributed by atoms with Crippen molar-refractivity contribution in [2.24, 2.45) is 5.10 Å². The van der Waals surface area contributed by atoms with Crippen molar-refractivity contribution in [3.63, 3.8) is 0 Å². The lowest BCUT2D eigenvalue weighted by Crippen LogP contribution is -2.07. The Balaban J connectivity index is 1.58. The summed E-state index contributed by atoms with van der Waals surface area (Å²) in [4.78, 5) is 15.8. The highest BCUT2D eigenvalue weighted by Gasteiger charge is 2.08. The van der Waals surface area contributed by atoms with Crippen molar-refractivity contribution in [1.29, 1.82) is 0 Å². The van der Waals surface area contributed by atoms with Crippen LogP contribution in [0.1, 0.15) is 23.7 Å². The lowest BCUT2D eigenvalue weighted by atomic mass is 10.2. The quantitative estimate of drug-likeness (QED) is 0.320. The Hall–Kier alpha value is -3.26. The summed E-state index contributed by atoms with van der Waals surface area (Å²) < 4.78 is 24.0. The summed E-state index contributed by atoms with van der Waals surface area (Å²) in [6.07, 6.45) is 1.75. The predicted octanol–water partition coefficient (Wildman–Crippen LogP) is 4.41. The normalized spacial score (nSPS) is 10.8. The van der Waals surface area contributed by atoms with Crippen molar-refractivity contribution < 1.29 is 18.7 Å². The fourth-order valence-corrected chi connectivity index (χ4v) is 3.12. The van der Waals surface area contributed by atoms with E-state index in [0.29, 0.717) is 23.2 Å². The van der Waals surface area contributed by atoms with Gasteiger partial charge in [0.05, 0.1) is 24.9 Å². The third-order valence-electron chi connectivity index (χ3n) is 3.75. The molecule has 0 aliphatic heterocycles. The molecule has 8 heteroatoms. The number of anilines is 1. The van der Waals surface area contributed by atoms with E-state index < -0.39 is 0 Å². The summed E-state index contributed by atoms with van der Waals surface area (Å²) in [5.41, 5.74) is 4.98. The van der Waals surface area contributed by atoms with Crippen molar-refractivity contribution >= 4 is 28.7 Å². The van der Waals surface area contributed by atoms with Crippen LogP contribution >= 0.6 is 11.3 Å². The summed E-state index contributed by atoms with van der Waals surface area (Å²) in [7, 11) is 0. The number of para-hydroxylation sites is 1. The van der Waals surface area contributed by atoms with Crippen LogP contribution in [0.2, 0.25) is 0 Å². The second-order valence-electron chi connectivity index (χ2n) is 5.95. The van der Waals surface area contributed by atoms with Gasteiger partial charge in [0.15, 0.2) is 0 Å². The van der Waals surface area contributed by atoms with Gasteiger partial charge in [-0.25, -0.2) is 9.37 Å². The lowest BCUT2D eigenvalue weighted by Gasteiger charge is -2.09. The molecule has 0 bridgehead atoms. The number of hydrazone groups is 1. The van der Waals surface area contributed by atoms with Crippen LogP contribution in [-0.2, 0) is 22.6 Å². The van der Waals surface area contributed by atoms with E-state index in [1.165, 1.54) is 23.5 Å². The number of aromatic nitrogens is 1. The van der Waals surface area contributed by atoms with Gasteiger partial charge in [0, 0.05) is 10.9 Å². The zero-order valence-corrected chi connectivity index (χ0v) is 16.6. The number of hydrogen-bond acceptors (Lipinski definition) is 7. The smallest absolute Gasteiger partial charge is 0.311 e. The molecule has 0 radical (unpaired) electrons. The molecule has 0 aliphatic rings. The monoisotopic (exact) mass is 413 g/mol. The number of rotatable bonds is 9. The van der Waals surface area contributed by atoms with E-state index in [-0.39, 0.29) is 24.8 Å². The summed E-state index contributed by atoms with van der Waals surface area (Å²) in [6.45, 7) is 2.36. The minimum atomic E-state index is -0.308. The van der Waals surface area contributed by atoms with Crippen molar-refractivity contribution in [3.05, 3.63) is 76.5 Å². The number of nitrogens with one attached hydrogen (secondary N) is 1. The zero-order chi connectivity index (χ0) is 20.5. The SMILES string of the molecule is CCOC(=O)Cc1csc(NN=Cc2ccccc2OCc2cccc(F)c2)n1. The molecule has 0 saturated carbocycles. The van der Waals surface area contributed by atoms with E-state index in [4.69, 9.17) is 9.47 Å². The van der Waals surface area contributed by atoms with Gasteiger partial charge in [-0.1, -0.05) is 24.3 Å². The van der Waals surface area contributed by atoms with E-state index in [0.717, 1.165) is 11.1 Å². The van der Waals surface area contributed by atoms with Crippen LogP contribution in [0.4, 0.5) is 9.52 Å². The number of carbonyl (C=O) groups excluding carboxylic acids is 1. The molecule has 0 atom stereocenters. The number of thiazole rings is 1. The molecular weight excluding hydrogens is 393 g/mol. The topological polar surface area (TPSA) is 72.8 Å². The minimum absolute atomic E-state index is 0.131. The number of halogens is 1. The van der Waals surface area contributed by atoms with Crippen LogP contribution < -0.4 is 10.2 Å². The molecule has 0 saturated heterocycles. The third kappa shape index (κ3) is 6.39. The average Bonchev–Trinajstić information content (AvgIpc) is 3.14. The molecule has 2 aromatic carbocycles. The van der Waals surface area contributed by atoms with E-state index in [1.54, 1.807) is 30.7 Å². The van der Waals surface area contributed by atoms with E-state index >= 15 is 0 Å².